The third kappa shape index (κ3) is 3.25. The van der Waals surface area contributed by atoms with Crippen molar-refractivity contribution < 1.29 is 0 Å². The molecule has 0 bridgehead atoms. The molecule has 3 nitrogen and oxygen atoms in total. The highest BCUT2D eigenvalue weighted by molar-refractivity contribution is 5.77. The standard InChI is InChI=1S/C19H20N2O/c1-14(8-7-11-15-9-3-2-4-10-15)18-20-17-13-6-5-12-16(17)19(22)21-18/h2-6,9-10,12-14H,7-8,11H2,1H3,(H,20,21,22). The maximum Gasteiger partial charge on any atom is 0.258 e. The molecule has 0 aliphatic heterocycles. The molecule has 1 heterocycles. The van der Waals surface area contributed by atoms with Crippen LogP contribution in [-0.2, 0) is 6.42 Å². The van der Waals surface area contributed by atoms with E-state index in [0.717, 1.165) is 30.6 Å². The largest absolute Gasteiger partial charge is 0.310 e. The number of fused-ring (bicyclic) bond motifs is 1. The van der Waals surface area contributed by atoms with Crippen molar-refractivity contribution in [2.24, 2.45) is 0 Å². The van der Waals surface area contributed by atoms with Crippen LogP contribution in [0.25, 0.3) is 10.9 Å². The Morgan fingerprint density at radius 1 is 1.05 bits per heavy atom. The van der Waals surface area contributed by atoms with Gasteiger partial charge in [-0.2, -0.15) is 0 Å². The van der Waals surface area contributed by atoms with Gasteiger partial charge in [0.2, 0.25) is 0 Å². The summed E-state index contributed by atoms with van der Waals surface area (Å²) in [5, 5.41) is 0.655. The van der Waals surface area contributed by atoms with Crippen LogP contribution >= 0.6 is 0 Å². The third-order valence-corrected chi connectivity index (χ3v) is 4.04. The molecule has 0 radical (unpaired) electrons. The molecule has 0 spiro atoms. The first-order valence-electron chi connectivity index (χ1n) is 7.77. The Morgan fingerprint density at radius 3 is 2.59 bits per heavy atom. The van der Waals surface area contributed by atoms with Gasteiger partial charge < -0.3 is 4.98 Å². The molecule has 0 aliphatic carbocycles. The van der Waals surface area contributed by atoms with E-state index in [2.05, 4.69) is 41.2 Å². The van der Waals surface area contributed by atoms with Gasteiger partial charge in [-0.3, -0.25) is 4.79 Å². The van der Waals surface area contributed by atoms with Crippen molar-refractivity contribution in [1.82, 2.24) is 9.97 Å². The molecule has 3 heteroatoms. The van der Waals surface area contributed by atoms with Gasteiger partial charge in [-0.1, -0.05) is 49.4 Å². The fraction of sp³-hybridized carbons (Fsp3) is 0.263. The third-order valence-electron chi connectivity index (χ3n) is 4.04. The van der Waals surface area contributed by atoms with Crippen molar-refractivity contribution in [3.8, 4) is 0 Å². The van der Waals surface area contributed by atoms with Gasteiger partial charge in [0.15, 0.2) is 0 Å². The normalized spacial score (nSPS) is 12.4. The number of rotatable bonds is 5. The van der Waals surface area contributed by atoms with Gasteiger partial charge in [0.1, 0.15) is 5.82 Å². The lowest BCUT2D eigenvalue weighted by Gasteiger charge is -2.11. The molecule has 1 aromatic heterocycles. The van der Waals surface area contributed by atoms with E-state index in [1.54, 1.807) is 0 Å². The highest BCUT2D eigenvalue weighted by Crippen LogP contribution is 2.19. The van der Waals surface area contributed by atoms with Crippen molar-refractivity contribution in [2.75, 3.05) is 0 Å². The molecule has 0 fully saturated rings. The summed E-state index contributed by atoms with van der Waals surface area (Å²) in [6.45, 7) is 2.12. The lowest BCUT2D eigenvalue weighted by molar-refractivity contribution is 0.603. The molecule has 112 valence electrons. The Labute approximate surface area is 130 Å². The number of aryl methyl sites for hydroxylation is 1. The van der Waals surface area contributed by atoms with E-state index in [1.165, 1.54) is 5.56 Å². The minimum absolute atomic E-state index is 0.0458. The topological polar surface area (TPSA) is 45.8 Å². The molecule has 1 N–H and O–H groups in total. The molecule has 3 rings (SSSR count). The fourth-order valence-corrected chi connectivity index (χ4v) is 2.73. The summed E-state index contributed by atoms with van der Waals surface area (Å²) in [5.74, 6) is 1.04. The van der Waals surface area contributed by atoms with Crippen LogP contribution in [-0.4, -0.2) is 9.97 Å². The molecule has 0 amide bonds. The first kappa shape index (κ1) is 14.5. The van der Waals surface area contributed by atoms with Crippen LogP contribution in [0, 0.1) is 0 Å². The average Bonchev–Trinajstić information content (AvgIpc) is 2.56. The van der Waals surface area contributed by atoms with Crippen LogP contribution in [0.5, 0.6) is 0 Å². The summed E-state index contributed by atoms with van der Waals surface area (Å²) < 4.78 is 0. The Kier molecular flexibility index (Phi) is 4.33. The van der Waals surface area contributed by atoms with Crippen molar-refractivity contribution in [3.63, 3.8) is 0 Å². The second kappa shape index (κ2) is 6.56. The van der Waals surface area contributed by atoms with Gasteiger partial charge in [-0.15, -0.1) is 0 Å². The number of hydrogen-bond donors (Lipinski definition) is 1. The molecule has 0 saturated carbocycles. The van der Waals surface area contributed by atoms with Crippen LogP contribution < -0.4 is 5.56 Å². The first-order chi connectivity index (χ1) is 10.7. The molecule has 22 heavy (non-hydrogen) atoms. The number of aromatic nitrogens is 2. The van der Waals surface area contributed by atoms with E-state index in [0.29, 0.717) is 5.39 Å². The van der Waals surface area contributed by atoms with E-state index >= 15 is 0 Å². The first-order valence-corrected chi connectivity index (χ1v) is 7.77. The van der Waals surface area contributed by atoms with Gasteiger partial charge in [0.05, 0.1) is 10.9 Å². The zero-order chi connectivity index (χ0) is 15.4. The molecule has 0 saturated heterocycles. The van der Waals surface area contributed by atoms with E-state index in [4.69, 9.17) is 0 Å². The second-order valence-electron chi connectivity index (χ2n) is 5.75. The van der Waals surface area contributed by atoms with E-state index in [1.807, 2.05) is 30.3 Å². The summed E-state index contributed by atoms with van der Waals surface area (Å²) in [4.78, 5) is 19.6. The summed E-state index contributed by atoms with van der Waals surface area (Å²) in [6, 6.07) is 18.0. The van der Waals surface area contributed by atoms with Gasteiger partial charge in [-0.05, 0) is 37.0 Å². The lowest BCUT2D eigenvalue weighted by Crippen LogP contribution is -2.13. The number of hydrogen-bond acceptors (Lipinski definition) is 2. The number of nitrogens with zero attached hydrogens (tertiary/aromatic N) is 1. The minimum Gasteiger partial charge on any atom is -0.310 e. The number of aromatic amines is 1. The van der Waals surface area contributed by atoms with Crippen LogP contribution in [0.15, 0.2) is 59.4 Å². The average molecular weight is 292 g/mol. The second-order valence-corrected chi connectivity index (χ2v) is 5.75. The molecular weight excluding hydrogens is 272 g/mol. The Bertz CT molecular complexity index is 808. The highest BCUT2D eigenvalue weighted by Gasteiger charge is 2.10. The molecule has 1 atom stereocenters. The number of H-pyrrole nitrogens is 1. The Morgan fingerprint density at radius 2 is 1.77 bits per heavy atom. The van der Waals surface area contributed by atoms with Crippen LogP contribution in [0.1, 0.15) is 37.1 Å². The number of benzene rings is 2. The fourth-order valence-electron chi connectivity index (χ4n) is 2.73. The van der Waals surface area contributed by atoms with Crippen LogP contribution in [0.4, 0.5) is 0 Å². The molecule has 3 aromatic rings. The zero-order valence-electron chi connectivity index (χ0n) is 12.8. The van der Waals surface area contributed by atoms with E-state index in [9.17, 15) is 4.79 Å². The van der Waals surface area contributed by atoms with Crippen LogP contribution in [0.3, 0.4) is 0 Å². The summed E-state index contributed by atoms with van der Waals surface area (Å²) in [7, 11) is 0. The van der Waals surface area contributed by atoms with Gasteiger partial charge in [0.25, 0.3) is 5.56 Å². The maximum atomic E-state index is 12.1. The predicted octanol–water partition coefficient (Wildman–Crippen LogP) is 4.05. The predicted molar refractivity (Wildman–Crippen MR) is 90.2 cm³/mol. The van der Waals surface area contributed by atoms with E-state index < -0.39 is 0 Å². The van der Waals surface area contributed by atoms with Crippen molar-refractivity contribution in [3.05, 3.63) is 76.3 Å². The smallest absolute Gasteiger partial charge is 0.258 e. The molecule has 0 aliphatic rings. The van der Waals surface area contributed by atoms with Crippen LogP contribution in [0.2, 0.25) is 0 Å². The highest BCUT2D eigenvalue weighted by atomic mass is 16.1. The Hall–Kier alpha value is -2.42. The number of nitrogens with one attached hydrogen (secondary N) is 1. The monoisotopic (exact) mass is 292 g/mol. The van der Waals surface area contributed by atoms with Crippen molar-refractivity contribution in [1.29, 1.82) is 0 Å². The Balaban J connectivity index is 1.70. The molecular formula is C19H20N2O. The van der Waals surface area contributed by atoms with Crippen molar-refractivity contribution >= 4 is 10.9 Å². The summed E-state index contributed by atoms with van der Waals surface area (Å²) >= 11 is 0. The zero-order valence-corrected chi connectivity index (χ0v) is 12.8. The minimum atomic E-state index is -0.0458. The number of para-hydroxylation sites is 1. The van der Waals surface area contributed by atoms with Gasteiger partial charge >= 0.3 is 0 Å². The van der Waals surface area contributed by atoms with Crippen molar-refractivity contribution in [2.45, 2.75) is 32.1 Å². The molecule has 2 aromatic carbocycles. The maximum absolute atomic E-state index is 12.1. The SMILES string of the molecule is CC(CCCc1ccccc1)c1nc2ccccc2c(=O)[nH]1. The van der Waals surface area contributed by atoms with E-state index in [-0.39, 0.29) is 11.5 Å². The van der Waals surface area contributed by atoms with Gasteiger partial charge in [0, 0.05) is 5.92 Å². The van der Waals surface area contributed by atoms with Gasteiger partial charge in [-0.25, -0.2) is 4.98 Å². The summed E-state index contributed by atoms with van der Waals surface area (Å²) in [5.41, 5.74) is 2.08. The summed E-state index contributed by atoms with van der Waals surface area (Å²) in [6.07, 6.45) is 3.15. The molecule has 1 unspecified atom stereocenters. The lowest BCUT2D eigenvalue weighted by atomic mass is 10.0. The quantitative estimate of drug-likeness (QED) is 0.771.